The first-order valence-corrected chi connectivity index (χ1v) is 8.01. The molecule has 0 bridgehead atoms. The highest BCUT2D eigenvalue weighted by Gasteiger charge is 2.36. The second-order valence-corrected chi connectivity index (χ2v) is 6.87. The zero-order valence-electron chi connectivity index (χ0n) is 11.8. The van der Waals surface area contributed by atoms with Crippen molar-refractivity contribution in [1.82, 2.24) is 5.32 Å². The number of halogens is 2. The van der Waals surface area contributed by atoms with E-state index in [2.05, 4.69) is 35.1 Å². The zero-order chi connectivity index (χ0) is 13.9. The first-order valence-electron chi connectivity index (χ1n) is 7.22. The van der Waals surface area contributed by atoms with Gasteiger partial charge in [-0.05, 0) is 55.0 Å². The topological polar surface area (TPSA) is 12.0 Å². The number of hydrogen-bond acceptors (Lipinski definition) is 1. The number of rotatable bonds is 5. The van der Waals surface area contributed by atoms with Crippen molar-refractivity contribution in [3.8, 4) is 0 Å². The molecular formula is C16H23BrFN. The average molecular weight is 328 g/mol. The maximum Gasteiger partial charge on any atom is 0.124 e. The first-order chi connectivity index (χ1) is 9.03. The summed E-state index contributed by atoms with van der Waals surface area (Å²) >= 11 is 3.38. The van der Waals surface area contributed by atoms with Crippen LogP contribution in [0, 0.1) is 11.2 Å². The van der Waals surface area contributed by atoms with Gasteiger partial charge in [-0.3, -0.25) is 0 Å². The first kappa shape index (κ1) is 15.0. The summed E-state index contributed by atoms with van der Waals surface area (Å²) in [5.41, 5.74) is 1.43. The third-order valence-corrected chi connectivity index (χ3v) is 4.86. The molecule has 1 aliphatic carbocycles. The molecule has 0 amide bonds. The zero-order valence-corrected chi connectivity index (χ0v) is 13.4. The molecule has 1 aromatic carbocycles. The average Bonchev–Trinajstić information content (AvgIpc) is 2.75. The van der Waals surface area contributed by atoms with Gasteiger partial charge in [0.05, 0.1) is 0 Å². The fourth-order valence-electron chi connectivity index (χ4n) is 3.31. The molecule has 2 rings (SSSR count). The number of hydrogen-bond donors (Lipinski definition) is 1. The maximum absolute atomic E-state index is 13.5. The standard InChI is InChI=1S/C16H23BrFN/c1-3-19-15(16(2)6-4-5-7-16)10-12-8-13(17)11-14(18)9-12/h8-9,11,15,19H,3-7,10H2,1-2H3. The third kappa shape index (κ3) is 3.79. The lowest BCUT2D eigenvalue weighted by molar-refractivity contribution is 0.222. The second kappa shape index (κ2) is 6.36. The SMILES string of the molecule is CCNC(Cc1cc(F)cc(Br)c1)C1(C)CCCC1. The van der Waals surface area contributed by atoms with E-state index < -0.39 is 0 Å². The van der Waals surface area contributed by atoms with Crippen molar-refractivity contribution >= 4 is 15.9 Å². The molecule has 0 aliphatic heterocycles. The van der Waals surface area contributed by atoms with Crippen LogP contribution in [0.3, 0.4) is 0 Å². The number of nitrogens with one attached hydrogen (secondary N) is 1. The summed E-state index contributed by atoms with van der Waals surface area (Å²) in [6.45, 7) is 5.49. The summed E-state index contributed by atoms with van der Waals surface area (Å²) in [6.07, 6.45) is 6.11. The van der Waals surface area contributed by atoms with E-state index in [4.69, 9.17) is 0 Å². The Hall–Kier alpha value is -0.410. The second-order valence-electron chi connectivity index (χ2n) is 5.95. The van der Waals surface area contributed by atoms with Crippen LogP contribution in [-0.4, -0.2) is 12.6 Å². The van der Waals surface area contributed by atoms with Crippen LogP contribution in [0.2, 0.25) is 0 Å². The summed E-state index contributed by atoms with van der Waals surface area (Å²) in [4.78, 5) is 0. The highest BCUT2D eigenvalue weighted by Crippen LogP contribution is 2.41. The smallest absolute Gasteiger partial charge is 0.124 e. The molecule has 1 aromatic rings. The van der Waals surface area contributed by atoms with Crippen molar-refractivity contribution in [2.45, 2.75) is 52.0 Å². The fourth-order valence-corrected chi connectivity index (χ4v) is 3.82. The third-order valence-electron chi connectivity index (χ3n) is 4.40. The Morgan fingerprint density at radius 1 is 1.32 bits per heavy atom. The Morgan fingerprint density at radius 3 is 2.58 bits per heavy atom. The van der Waals surface area contributed by atoms with Gasteiger partial charge >= 0.3 is 0 Å². The molecule has 1 nitrogen and oxygen atoms in total. The van der Waals surface area contributed by atoms with E-state index in [0.717, 1.165) is 23.0 Å². The monoisotopic (exact) mass is 327 g/mol. The molecule has 0 heterocycles. The summed E-state index contributed by atoms with van der Waals surface area (Å²) in [7, 11) is 0. The van der Waals surface area contributed by atoms with Gasteiger partial charge in [0, 0.05) is 10.5 Å². The summed E-state index contributed by atoms with van der Waals surface area (Å²) < 4.78 is 14.3. The molecule has 1 aliphatic rings. The van der Waals surface area contributed by atoms with E-state index in [0.29, 0.717) is 11.5 Å². The predicted octanol–water partition coefficient (Wildman–Crippen LogP) is 4.69. The molecule has 1 N–H and O–H groups in total. The van der Waals surface area contributed by atoms with Gasteiger partial charge in [0.15, 0.2) is 0 Å². The van der Waals surface area contributed by atoms with Crippen molar-refractivity contribution < 1.29 is 4.39 Å². The van der Waals surface area contributed by atoms with E-state index in [1.807, 2.05) is 6.07 Å². The molecule has 3 heteroatoms. The normalized spacial score (nSPS) is 19.6. The van der Waals surface area contributed by atoms with E-state index in [-0.39, 0.29) is 5.82 Å². The van der Waals surface area contributed by atoms with Gasteiger partial charge in [0.25, 0.3) is 0 Å². The van der Waals surface area contributed by atoms with Crippen LogP contribution < -0.4 is 5.32 Å². The molecule has 0 saturated heterocycles. The van der Waals surface area contributed by atoms with Crippen molar-refractivity contribution in [2.75, 3.05) is 6.54 Å². The van der Waals surface area contributed by atoms with Crippen LogP contribution in [0.1, 0.15) is 45.1 Å². The summed E-state index contributed by atoms with van der Waals surface area (Å²) in [6, 6.07) is 5.65. The lowest BCUT2D eigenvalue weighted by atomic mass is 9.78. The highest BCUT2D eigenvalue weighted by molar-refractivity contribution is 9.10. The molecule has 0 spiro atoms. The molecule has 1 atom stereocenters. The molecule has 1 unspecified atom stereocenters. The van der Waals surface area contributed by atoms with E-state index >= 15 is 0 Å². The van der Waals surface area contributed by atoms with E-state index in [1.54, 1.807) is 6.07 Å². The Labute approximate surface area is 124 Å². The van der Waals surface area contributed by atoms with Crippen molar-refractivity contribution in [3.63, 3.8) is 0 Å². The van der Waals surface area contributed by atoms with Crippen molar-refractivity contribution in [3.05, 3.63) is 34.1 Å². The summed E-state index contributed by atoms with van der Waals surface area (Å²) in [5.74, 6) is -0.156. The van der Waals surface area contributed by atoms with Gasteiger partial charge in [-0.1, -0.05) is 42.6 Å². The van der Waals surface area contributed by atoms with Gasteiger partial charge < -0.3 is 5.32 Å². The molecule has 106 valence electrons. The molecule has 0 radical (unpaired) electrons. The Bertz CT molecular complexity index is 407. The quantitative estimate of drug-likeness (QED) is 0.827. The predicted molar refractivity (Wildman–Crippen MR) is 81.8 cm³/mol. The lowest BCUT2D eigenvalue weighted by Gasteiger charge is -2.35. The van der Waals surface area contributed by atoms with Gasteiger partial charge in [-0.15, -0.1) is 0 Å². The minimum Gasteiger partial charge on any atom is -0.313 e. The van der Waals surface area contributed by atoms with Crippen LogP contribution in [0.15, 0.2) is 22.7 Å². The van der Waals surface area contributed by atoms with Crippen LogP contribution in [0.5, 0.6) is 0 Å². The molecule has 1 fully saturated rings. The Morgan fingerprint density at radius 2 is 2.00 bits per heavy atom. The molecule has 1 saturated carbocycles. The van der Waals surface area contributed by atoms with E-state index in [1.165, 1.54) is 31.7 Å². The fraction of sp³-hybridized carbons (Fsp3) is 0.625. The van der Waals surface area contributed by atoms with Crippen LogP contribution in [0.25, 0.3) is 0 Å². The van der Waals surface area contributed by atoms with Crippen LogP contribution >= 0.6 is 15.9 Å². The molecular weight excluding hydrogens is 305 g/mol. The number of benzene rings is 1. The van der Waals surface area contributed by atoms with Crippen molar-refractivity contribution in [2.24, 2.45) is 5.41 Å². The largest absolute Gasteiger partial charge is 0.313 e. The minimum absolute atomic E-state index is 0.156. The van der Waals surface area contributed by atoms with Gasteiger partial charge in [0.1, 0.15) is 5.82 Å². The number of likely N-dealkylation sites (N-methyl/N-ethyl adjacent to an activating group) is 1. The van der Waals surface area contributed by atoms with E-state index in [9.17, 15) is 4.39 Å². The highest BCUT2D eigenvalue weighted by atomic mass is 79.9. The Balaban J connectivity index is 2.15. The molecule has 19 heavy (non-hydrogen) atoms. The van der Waals surface area contributed by atoms with Gasteiger partial charge in [-0.2, -0.15) is 0 Å². The maximum atomic E-state index is 13.5. The summed E-state index contributed by atoms with van der Waals surface area (Å²) in [5, 5.41) is 3.61. The lowest BCUT2D eigenvalue weighted by Crippen LogP contribution is -2.43. The van der Waals surface area contributed by atoms with Crippen molar-refractivity contribution in [1.29, 1.82) is 0 Å². The Kier molecular flexibility index (Phi) is 5.02. The minimum atomic E-state index is -0.156. The van der Waals surface area contributed by atoms with Crippen LogP contribution in [0.4, 0.5) is 4.39 Å². The van der Waals surface area contributed by atoms with Gasteiger partial charge in [0.2, 0.25) is 0 Å². The molecule has 0 aromatic heterocycles. The van der Waals surface area contributed by atoms with Crippen LogP contribution in [-0.2, 0) is 6.42 Å². The van der Waals surface area contributed by atoms with Gasteiger partial charge in [-0.25, -0.2) is 4.39 Å².